The van der Waals surface area contributed by atoms with Crippen LogP contribution in [0.2, 0.25) is 0 Å². The van der Waals surface area contributed by atoms with Gasteiger partial charge in [-0.3, -0.25) is 4.79 Å². The van der Waals surface area contributed by atoms with Crippen molar-refractivity contribution in [3.63, 3.8) is 0 Å². The van der Waals surface area contributed by atoms with Crippen LogP contribution in [0.25, 0.3) is 0 Å². The zero-order valence-corrected chi connectivity index (χ0v) is 37.4. The molecule has 0 saturated heterocycles. The smallest absolute Gasteiger partial charge is 0.407 e. The number of nitrogens with one attached hydrogen (secondary N) is 1. The van der Waals surface area contributed by atoms with Gasteiger partial charge in [-0.1, -0.05) is 162 Å². The zero-order chi connectivity index (χ0) is 40.7. The van der Waals surface area contributed by atoms with E-state index in [9.17, 15) is 9.59 Å². The number of unbranched alkanes of at least 4 members (excludes halogenated alkanes) is 22. The van der Waals surface area contributed by atoms with Crippen molar-refractivity contribution in [3.05, 3.63) is 0 Å². The zero-order valence-electron chi connectivity index (χ0n) is 37.4. The molecule has 0 heterocycles. The molecule has 9 heteroatoms. The van der Waals surface area contributed by atoms with Crippen LogP contribution in [-0.2, 0) is 33.2 Å². The van der Waals surface area contributed by atoms with Crippen molar-refractivity contribution in [2.24, 2.45) is 0 Å². The first-order chi connectivity index (χ1) is 26.6. The van der Waals surface area contributed by atoms with Crippen LogP contribution >= 0.6 is 0 Å². The maximum atomic E-state index is 12.5. The fourth-order valence-corrected chi connectivity index (χ4v) is 6.39. The Morgan fingerprint density at radius 3 is 1.49 bits per heavy atom. The van der Waals surface area contributed by atoms with Crippen LogP contribution in [0, 0.1) is 0 Å². The Hall–Kier alpha value is -1.42. The highest BCUT2D eigenvalue weighted by atomic mass is 16.6. The Labute approximate surface area is 340 Å². The number of methoxy groups -OCH3 is 1. The maximum absolute atomic E-state index is 12.5. The SMILES string of the molecule is CCCCCCCCCCCCCCOCC(COC(=O)NCC(=O)OCCC(C)(CC)OCCC(C)(C)OC)OCCCCCCCCCCCCCC. The second-order valence-corrected chi connectivity index (χ2v) is 16.6. The summed E-state index contributed by atoms with van der Waals surface area (Å²) in [5.74, 6) is -0.513. The van der Waals surface area contributed by atoms with Crippen molar-refractivity contribution >= 4 is 12.1 Å². The minimum atomic E-state index is -0.667. The summed E-state index contributed by atoms with van der Waals surface area (Å²) < 4.78 is 34.6. The lowest BCUT2D eigenvalue weighted by atomic mass is 9.99. The Morgan fingerprint density at radius 1 is 0.545 bits per heavy atom. The number of esters is 1. The lowest BCUT2D eigenvalue weighted by Gasteiger charge is -2.31. The van der Waals surface area contributed by atoms with Crippen LogP contribution in [-0.4, -0.2) is 82.7 Å². The molecular weight excluding hydrogens is 695 g/mol. The van der Waals surface area contributed by atoms with Gasteiger partial charge in [0.1, 0.15) is 19.3 Å². The minimum Gasteiger partial charge on any atom is -0.464 e. The monoisotopic (exact) mass is 786 g/mol. The molecule has 55 heavy (non-hydrogen) atoms. The van der Waals surface area contributed by atoms with Gasteiger partial charge in [-0.05, 0) is 46.5 Å². The molecule has 0 aliphatic heterocycles. The summed E-state index contributed by atoms with van der Waals surface area (Å²) >= 11 is 0. The van der Waals surface area contributed by atoms with E-state index in [2.05, 4.69) is 26.1 Å². The van der Waals surface area contributed by atoms with Gasteiger partial charge in [0.05, 0.1) is 31.0 Å². The van der Waals surface area contributed by atoms with Gasteiger partial charge >= 0.3 is 12.1 Å². The number of carbonyl (C=O) groups is 2. The van der Waals surface area contributed by atoms with Crippen molar-refractivity contribution in [3.8, 4) is 0 Å². The highest BCUT2D eigenvalue weighted by molar-refractivity contribution is 5.77. The van der Waals surface area contributed by atoms with Gasteiger partial charge < -0.3 is 33.7 Å². The molecule has 1 amide bonds. The molecule has 0 aromatic carbocycles. The Bertz CT molecular complexity index is 856. The Kier molecular flexibility index (Phi) is 37.1. The normalized spacial score (nSPS) is 13.4. The molecule has 9 nitrogen and oxygen atoms in total. The average molecular weight is 786 g/mol. The second kappa shape index (κ2) is 38.1. The van der Waals surface area contributed by atoms with E-state index in [1.54, 1.807) is 7.11 Å². The van der Waals surface area contributed by atoms with Gasteiger partial charge in [-0.15, -0.1) is 0 Å². The molecule has 0 bridgehead atoms. The largest absolute Gasteiger partial charge is 0.464 e. The summed E-state index contributed by atoms with van der Waals surface area (Å²) in [4.78, 5) is 24.8. The molecule has 0 aromatic heterocycles. The van der Waals surface area contributed by atoms with Crippen molar-refractivity contribution in [2.75, 3.05) is 53.3 Å². The molecule has 0 saturated carbocycles. The minimum absolute atomic E-state index is 0.0731. The Balaban J connectivity index is 4.41. The highest BCUT2D eigenvalue weighted by Gasteiger charge is 2.25. The molecule has 0 aliphatic carbocycles. The van der Waals surface area contributed by atoms with E-state index in [4.69, 9.17) is 28.4 Å². The number of carbonyl (C=O) groups excluding carboxylic acids is 2. The standard InChI is InChI=1S/C46H91NO8/c1-8-11-13-15-17-19-21-23-25-27-29-31-35-51-40-42(52-36-32-30-28-26-24-22-20-18-16-14-12-9-2)41-54-44(49)47-39-43(48)53-37-34-46(6,10-3)55-38-33-45(4,5)50-7/h42H,8-41H2,1-7H3,(H,47,49). The van der Waals surface area contributed by atoms with Crippen LogP contribution in [0.15, 0.2) is 0 Å². The van der Waals surface area contributed by atoms with E-state index in [0.29, 0.717) is 32.8 Å². The predicted octanol–water partition coefficient (Wildman–Crippen LogP) is 12.5. The number of hydrogen-bond acceptors (Lipinski definition) is 8. The third-order valence-electron chi connectivity index (χ3n) is 10.9. The van der Waals surface area contributed by atoms with Gasteiger partial charge in [0.25, 0.3) is 0 Å². The van der Waals surface area contributed by atoms with E-state index in [1.807, 2.05) is 20.8 Å². The van der Waals surface area contributed by atoms with Crippen LogP contribution < -0.4 is 5.32 Å². The second-order valence-electron chi connectivity index (χ2n) is 16.6. The molecule has 2 atom stereocenters. The first-order valence-corrected chi connectivity index (χ1v) is 23.1. The third kappa shape index (κ3) is 36.7. The Morgan fingerprint density at radius 2 is 1.02 bits per heavy atom. The number of amides is 1. The number of rotatable bonds is 42. The highest BCUT2D eigenvalue weighted by Crippen LogP contribution is 2.23. The summed E-state index contributed by atoms with van der Waals surface area (Å²) in [7, 11) is 1.70. The summed E-state index contributed by atoms with van der Waals surface area (Å²) in [6, 6.07) is 0. The molecule has 0 spiro atoms. The summed E-state index contributed by atoms with van der Waals surface area (Å²) in [6.07, 6.45) is 32.3. The van der Waals surface area contributed by atoms with Crippen molar-refractivity contribution in [1.82, 2.24) is 5.32 Å². The van der Waals surface area contributed by atoms with Crippen molar-refractivity contribution in [2.45, 2.75) is 232 Å². The first-order valence-electron chi connectivity index (χ1n) is 23.1. The van der Waals surface area contributed by atoms with Gasteiger partial charge in [-0.2, -0.15) is 0 Å². The van der Waals surface area contributed by atoms with Gasteiger partial charge in [0, 0.05) is 26.7 Å². The molecule has 328 valence electrons. The number of hydrogen-bond donors (Lipinski definition) is 1. The van der Waals surface area contributed by atoms with Crippen LogP contribution in [0.1, 0.15) is 215 Å². The summed E-state index contributed by atoms with van der Waals surface area (Å²) in [6.45, 7) is 14.9. The van der Waals surface area contributed by atoms with Crippen molar-refractivity contribution < 1.29 is 38.0 Å². The fraction of sp³-hybridized carbons (Fsp3) is 0.957. The molecule has 0 fully saturated rings. The molecular formula is C46H91NO8. The lowest BCUT2D eigenvalue weighted by Crippen LogP contribution is -2.36. The number of alkyl carbamates (subject to hydrolysis) is 1. The first kappa shape index (κ1) is 53.6. The predicted molar refractivity (Wildman–Crippen MR) is 228 cm³/mol. The van der Waals surface area contributed by atoms with Crippen LogP contribution in [0.5, 0.6) is 0 Å². The van der Waals surface area contributed by atoms with E-state index in [0.717, 1.165) is 32.1 Å². The van der Waals surface area contributed by atoms with Crippen LogP contribution in [0.4, 0.5) is 4.79 Å². The van der Waals surface area contributed by atoms with E-state index >= 15 is 0 Å². The molecule has 1 N–H and O–H groups in total. The molecule has 0 rings (SSSR count). The van der Waals surface area contributed by atoms with Gasteiger partial charge in [0.15, 0.2) is 0 Å². The van der Waals surface area contributed by atoms with E-state index < -0.39 is 17.7 Å². The molecule has 0 aliphatic rings. The topological polar surface area (TPSA) is 102 Å². The summed E-state index contributed by atoms with van der Waals surface area (Å²) in [5.41, 5.74) is -0.660. The van der Waals surface area contributed by atoms with Gasteiger partial charge in [0.2, 0.25) is 0 Å². The summed E-state index contributed by atoms with van der Waals surface area (Å²) in [5, 5.41) is 2.52. The molecule has 0 radical (unpaired) electrons. The quantitative estimate of drug-likeness (QED) is 0.0482. The van der Waals surface area contributed by atoms with E-state index in [-0.39, 0.29) is 31.5 Å². The van der Waals surface area contributed by atoms with Crippen LogP contribution in [0.3, 0.4) is 0 Å². The van der Waals surface area contributed by atoms with Gasteiger partial charge in [-0.25, -0.2) is 4.79 Å². The van der Waals surface area contributed by atoms with E-state index in [1.165, 1.54) is 135 Å². The number of ether oxygens (including phenoxy) is 6. The third-order valence-corrected chi connectivity index (χ3v) is 10.9. The lowest BCUT2D eigenvalue weighted by molar-refractivity contribution is -0.145. The van der Waals surface area contributed by atoms with Crippen molar-refractivity contribution in [1.29, 1.82) is 0 Å². The molecule has 0 aromatic rings. The molecule has 2 unspecified atom stereocenters. The average Bonchev–Trinajstić information content (AvgIpc) is 3.17. The maximum Gasteiger partial charge on any atom is 0.407 e. The fourth-order valence-electron chi connectivity index (χ4n) is 6.39.